The van der Waals surface area contributed by atoms with Gasteiger partial charge in [0.25, 0.3) is 5.69 Å². The molecule has 0 radical (unpaired) electrons. The van der Waals surface area contributed by atoms with Crippen molar-refractivity contribution in [2.24, 2.45) is 0 Å². The fourth-order valence-corrected chi connectivity index (χ4v) is 2.77. The summed E-state index contributed by atoms with van der Waals surface area (Å²) in [7, 11) is -4.10. The molecule has 0 aliphatic carbocycles. The molecule has 0 atom stereocenters. The molecule has 0 aliphatic heterocycles. The molecule has 21 heavy (non-hydrogen) atoms. The molecule has 2 aromatic carbocycles. The lowest BCUT2D eigenvalue weighted by Gasteiger charge is -2.08. The molecular weight excluding hydrogens is 341 g/mol. The van der Waals surface area contributed by atoms with Crippen LogP contribution in [0.15, 0.2) is 47.4 Å². The lowest BCUT2D eigenvalue weighted by Crippen LogP contribution is -2.10. The SMILES string of the molecule is O=[N+]([O-])c1ccc(OS(=O)(=O)c2ccc(Cl)cc2)c(Cl)c1. The molecule has 0 spiro atoms. The van der Waals surface area contributed by atoms with Crippen molar-refractivity contribution < 1.29 is 17.5 Å². The van der Waals surface area contributed by atoms with E-state index >= 15 is 0 Å². The molecule has 2 aromatic rings. The lowest BCUT2D eigenvalue weighted by atomic mass is 10.3. The van der Waals surface area contributed by atoms with Crippen LogP contribution < -0.4 is 4.18 Å². The zero-order valence-corrected chi connectivity index (χ0v) is 12.5. The Labute approximate surface area is 130 Å². The number of nitrogens with zero attached hydrogens (tertiary/aromatic N) is 1. The van der Waals surface area contributed by atoms with E-state index < -0.39 is 15.0 Å². The Morgan fingerprint density at radius 1 is 1.05 bits per heavy atom. The van der Waals surface area contributed by atoms with E-state index in [1.807, 2.05) is 0 Å². The van der Waals surface area contributed by atoms with E-state index in [0.29, 0.717) is 5.02 Å². The maximum Gasteiger partial charge on any atom is 0.339 e. The summed E-state index contributed by atoms with van der Waals surface area (Å²) in [4.78, 5) is 9.82. The van der Waals surface area contributed by atoms with Crippen LogP contribution in [-0.2, 0) is 10.1 Å². The Balaban J connectivity index is 2.32. The highest BCUT2D eigenvalue weighted by atomic mass is 35.5. The predicted octanol–water partition coefficient (Wildman–Crippen LogP) is 3.67. The van der Waals surface area contributed by atoms with Crippen LogP contribution in [0, 0.1) is 10.1 Å². The molecule has 0 saturated heterocycles. The average Bonchev–Trinajstić information content (AvgIpc) is 2.41. The fourth-order valence-electron chi connectivity index (χ4n) is 1.44. The Morgan fingerprint density at radius 2 is 1.67 bits per heavy atom. The standard InChI is InChI=1S/C12H7Cl2NO5S/c13-8-1-4-10(5-2-8)21(18,19)20-12-6-3-9(15(16)17)7-11(12)14/h1-7H. The van der Waals surface area contributed by atoms with Crippen LogP contribution >= 0.6 is 23.2 Å². The van der Waals surface area contributed by atoms with Crippen molar-refractivity contribution in [3.8, 4) is 5.75 Å². The highest BCUT2D eigenvalue weighted by molar-refractivity contribution is 7.87. The van der Waals surface area contributed by atoms with Gasteiger partial charge >= 0.3 is 10.1 Å². The van der Waals surface area contributed by atoms with Gasteiger partial charge in [0.2, 0.25) is 0 Å². The summed E-state index contributed by atoms with van der Waals surface area (Å²) in [6, 6.07) is 8.57. The first-order chi connectivity index (χ1) is 9.79. The molecule has 0 saturated carbocycles. The van der Waals surface area contributed by atoms with Crippen molar-refractivity contribution in [3.05, 3.63) is 62.6 Å². The quantitative estimate of drug-likeness (QED) is 0.478. The lowest BCUT2D eigenvalue weighted by molar-refractivity contribution is -0.384. The molecule has 110 valence electrons. The highest BCUT2D eigenvalue weighted by Crippen LogP contribution is 2.31. The molecule has 0 aromatic heterocycles. The van der Waals surface area contributed by atoms with Gasteiger partial charge < -0.3 is 4.18 Å². The number of benzene rings is 2. The Kier molecular flexibility index (Phi) is 4.36. The predicted molar refractivity (Wildman–Crippen MR) is 77.4 cm³/mol. The van der Waals surface area contributed by atoms with Crippen molar-refractivity contribution in [2.45, 2.75) is 4.90 Å². The zero-order valence-electron chi connectivity index (χ0n) is 10.2. The molecule has 0 heterocycles. The molecule has 0 aliphatic rings. The maximum atomic E-state index is 12.0. The molecule has 6 nitrogen and oxygen atoms in total. The van der Waals surface area contributed by atoms with Crippen LogP contribution in [0.4, 0.5) is 5.69 Å². The van der Waals surface area contributed by atoms with Crippen LogP contribution in [0.5, 0.6) is 5.75 Å². The van der Waals surface area contributed by atoms with E-state index in [9.17, 15) is 18.5 Å². The zero-order chi connectivity index (χ0) is 15.6. The first-order valence-corrected chi connectivity index (χ1v) is 7.60. The first kappa shape index (κ1) is 15.6. The minimum Gasteiger partial charge on any atom is -0.377 e. The number of nitro groups is 1. The normalized spacial score (nSPS) is 11.1. The van der Waals surface area contributed by atoms with Crippen LogP contribution in [0.2, 0.25) is 10.0 Å². The number of hydrogen-bond acceptors (Lipinski definition) is 5. The summed E-state index contributed by atoms with van der Waals surface area (Å²) < 4.78 is 28.9. The van der Waals surface area contributed by atoms with E-state index in [4.69, 9.17) is 27.4 Å². The van der Waals surface area contributed by atoms with Crippen molar-refractivity contribution in [1.29, 1.82) is 0 Å². The minimum absolute atomic E-state index is 0.110. The van der Waals surface area contributed by atoms with Gasteiger partial charge in [0.1, 0.15) is 4.90 Å². The van der Waals surface area contributed by atoms with Gasteiger partial charge in [-0.1, -0.05) is 23.2 Å². The summed E-state index contributed by atoms with van der Waals surface area (Å²) in [5.74, 6) is -0.197. The van der Waals surface area contributed by atoms with E-state index in [0.717, 1.165) is 18.2 Å². The third-order valence-corrected chi connectivity index (χ3v) is 4.22. The Hall–Kier alpha value is -1.83. The van der Waals surface area contributed by atoms with Crippen LogP contribution in [-0.4, -0.2) is 13.3 Å². The molecular formula is C12H7Cl2NO5S. The Morgan fingerprint density at radius 3 is 2.19 bits per heavy atom. The number of halogens is 2. The van der Waals surface area contributed by atoms with E-state index in [1.54, 1.807) is 0 Å². The van der Waals surface area contributed by atoms with Gasteiger partial charge in [-0.25, -0.2) is 0 Å². The molecule has 9 heteroatoms. The number of rotatable bonds is 4. The second-order valence-electron chi connectivity index (χ2n) is 3.86. The smallest absolute Gasteiger partial charge is 0.339 e. The molecule has 0 fully saturated rings. The summed E-state index contributed by atoms with van der Waals surface area (Å²) in [6.45, 7) is 0. The third kappa shape index (κ3) is 3.63. The summed E-state index contributed by atoms with van der Waals surface area (Å²) in [5, 5.41) is 10.8. The largest absolute Gasteiger partial charge is 0.377 e. The van der Waals surface area contributed by atoms with Gasteiger partial charge in [0, 0.05) is 17.2 Å². The summed E-state index contributed by atoms with van der Waals surface area (Å²) in [6.07, 6.45) is 0. The van der Waals surface area contributed by atoms with Gasteiger partial charge in [0.15, 0.2) is 5.75 Å². The van der Waals surface area contributed by atoms with Gasteiger partial charge in [0.05, 0.1) is 9.95 Å². The van der Waals surface area contributed by atoms with Crippen molar-refractivity contribution in [2.75, 3.05) is 0 Å². The van der Waals surface area contributed by atoms with Crippen molar-refractivity contribution in [3.63, 3.8) is 0 Å². The molecule has 0 amide bonds. The highest BCUT2D eigenvalue weighted by Gasteiger charge is 2.19. The molecule has 0 N–H and O–H groups in total. The van der Waals surface area contributed by atoms with Crippen LogP contribution in [0.1, 0.15) is 0 Å². The summed E-state index contributed by atoms with van der Waals surface area (Å²) in [5.41, 5.74) is -0.267. The number of hydrogen-bond donors (Lipinski definition) is 0. The van der Waals surface area contributed by atoms with Gasteiger partial charge in [-0.2, -0.15) is 8.42 Å². The first-order valence-electron chi connectivity index (χ1n) is 5.43. The van der Waals surface area contributed by atoms with Gasteiger partial charge in [-0.15, -0.1) is 0 Å². The Bertz CT molecular complexity index is 790. The topological polar surface area (TPSA) is 86.5 Å². The number of non-ortho nitro benzene ring substituents is 1. The summed E-state index contributed by atoms with van der Waals surface area (Å²) >= 11 is 11.5. The van der Waals surface area contributed by atoms with Crippen molar-refractivity contribution >= 4 is 39.0 Å². The molecule has 0 unspecified atom stereocenters. The third-order valence-electron chi connectivity index (χ3n) is 2.43. The molecule has 2 rings (SSSR count). The second-order valence-corrected chi connectivity index (χ2v) is 6.25. The van der Waals surface area contributed by atoms with Crippen LogP contribution in [0.25, 0.3) is 0 Å². The van der Waals surface area contributed by atoms with E-state index in [-0.39, 0.29) is 21.4 Å². The second kappa shape index (κ2) is 5.88. The molecule has 0 bridgehead atoms. The monoisotopic (exact) mass is 347 g/mol. The van der Waals surface area contributed by atoms with Gasteiger partial charge in [-0.3, -0.25) is 10.1 Å². The maximum absolute atomic E-state index is 12.0. The van der Waals surface area contributed by atoms with Crippen molar-refractivity contribution in [1.82, 2.24) is 0 Å². The van der Waals surface area contributed by atoms with E-state index in [1.165, 1.54) is 24.3 Å². The van der Waals surface area contributed by atoms with Crippen LogP contribution in [0.3, 0.4) is 0 Å². The minimum atomic E-state index is -4.10. The number of nitro benzene ring substituents is 1. The van der Waals surface area contributed by atoms with E-state index in [2.05, 4.69) is 0 Å². The van der Waals surface area contributed by atoms with Gasteiger partial charge in [-0.05, 0) is 30.3 Å². The fraction of sp³-hybridized carbons (Fsp3) is 0. The average molecular weight is 348 g/mol.